The van der Waals surface area contributed by atoms with Crippen molar-refractivity contribution in [1.29, 1.82) is 0 Å². The fourth-order valence-electron chi connectivity index (χ4n) is 3.43. The van der Waals surface area contributed by atoms with E-state index in [1.54, 1.807) is 0 Å². The summed E-state index contributed by atoms with van der Waals surface area (Å²) in [6.45, 7) is 0.536. The summed E-state index contributed by atoms with van der Waals surface area (Å²) in [4.78, 5) is 0. The smallest absolute Gasteiger partial charge is 0.478 e. The number of alkyl halides is 6. The van der Waals surface area contributed by atoms with Gasteiger partial charge in [0.25, 0.3) is 5.69 Å². The Morgan fingerprint density at radius 2 is 1.81 bits per heavy atom. The summed E-state index contributed by atoms with van der Waals surface area (Å²) in [5.74, 6) is 0. The highest BCUT2D eigenvalue weighted by Gasteiger charge is 2.45. The van der Waals surface area contributed by atoms with Crippen molar-refractivity contribution in [3.8, 4) is 0 Å². The predicted octanol–water partition coefficient (Wildman–Crippen LogP) is 3.69. The van der Waals surface area contributed by atoms with Crippen LogP contribution >= 0.6 is 0 Å². The number of hydrogen-bond donors (Lipinski definition) is 2. The minimum Gasteiger partial charge on any atom is -0.618 e. The topological polar surface area (TPSA) is 59.2 Å². The molecule has 1 aliphatic heterocycles. The van der Waals surface area contributed by atoms with Crippen molar-refractivity contribution in [2.75, 3.05) is 6.54 Å². The quantitative estimate of drug-likeness (QED) is 0.464. The molecule has 1 aliphatic rings. The maximum Gasteiger partial charge on any atom is 0.478 e. The number of piperidine rings is 1. The van der Waals surface area contributed by atoms with Gasteiger partial charge in [-0.1, -0.05) is 12.5 Å². The lowest BCUT2D eigenvalue weighted by atomic mass is 9.91. The highest BCUT2D eigenvalue weighted by molar-refractivity contribution is 5.83. The van der Waals surface area contributed by atoms with E-state index < -0.39 is 46.0 Å². The number of benzene rings is 1. The van der Waals surface area contributed by atoms with Crippen molar-refractivity contribution in [2.45, 2.75) is 43.8 Å². The summed E-state index contributed by atoms with van der Waals surface area (Å²) in [5.41, 5.74) is -4.78. The zero-order valence-corrected chi connectivity index (χ0v) is 13.9. The van der Waals surface area contributed by atoms with Gasteiger partial charge in [0, 0.05) is 17.7 Å². The number of aliphatic hydroxyl groups excluding tert-OH is 1. The standard InChI is InChI=1S/C17H16F6N2O2/c18-16(19,20)11-5-3-4-9-10(15(26)12-6-1-2-7-24-12)8-13(17(21,22)23)25(27)14(9)11/h3-5,8,12,15,24,26H,1-2,6-7H2/t12-,15+/m0/s1. The van der Waals surface area contributed by atoms with Crippen molar-refractivity contribution < 1.29 is 36.2 Å². The SMILES string of the molecule is [O-][n+]1c(C(F)(F)F)cc([C@@H](O)[C@@H]2CCCCN2)c2cccc(C(F)(F)F)c21. The minimum atomic E-state index is -5.18. The Morgan fingerprint density at radius 3 is 2.37 bits per heavy atom. The van der Waals surface area contributed by atoms with Crippen LogP contribution in [0.3, 0.4) is 0 Å². The molecule has 10 heteroatoms. The summed E-state index contributed by atoms with van der Waals surface area (Å²) in [6.07, 6.45) is -9.69. The number of fused-ring (bicyclic) bond motifs is 1. The lowest BCUT2D eigenvalue weighted by Crippen LogP contribution is -2.42. The Kier molecular flexibility index (Phi) is 4.98. The number of nitrogens with zero attached hydrogens (tertiary/aromatic N) is 1. The molecule has 0 saturated carbocycles. The van der Waals surface area contributed by atoms with Crippen LogP contribution in [0.1, 0.15) is 42.2 Å². The maximum absolute atomic E-state index is 13.3. The van der Waals surface area contributed by atoms with Crippen LogP contribution in [0.25, 0.3) is 10.9 Å². The molecule has 1 aromatic carbocycles. The molecule has 0 bridgehead atoms. The van der Waals surface area contributed by atoms with E-state index in [4.69, 9.17) is 0 Å². The van der Waals surface area contributed by atoms with Crippen molar-refractivity contribution in [3.05, 3.63) is 46.3 Å². The van der Waals surface area contributed by atoms with Gasteiger partial charge in [-0.3, -0.25) is 0 Å². The Hall–Kier alpha value is -2.07. The van der Waals surface area contributed by atoms with E-state index >= 15 is 0 Å². The molecule has 0 unspecified atom stereocenters. The molecule has 0 radical (unpaired) electrons. The molecule has 2 aromatic rings. The van der Waals surface area contributed by atoms with Crippen molar-refractivity contribution >= 4 is 10.9 Å². The second kappa shape index (κ2) is 6.83. The van der Waals surface area contributed by atoms with Crippen LogP contribution in [-0.4, -0.2) is 17.7 Å². The Morgan fingerprint density at radius 1 is 1.11 bits per heavy atom. The lowest BCUT2D eigenvalue weighted by Gasteiger charge is -2.29. The molecule has 27 heavy (non-hydrogen) atoms. The summed E-state index contributed by atoms with van der Waals surface area (Å²) in [7, 11) is 0. The first-order chi connectivity index (χ1) is 12.5. The molecular weight excluding hydrogens is 378 g/mol. The van der Waals surface area contributed by atoms with Crippen LogP contribution in [0.2, 0.25) is 0 Å². The van der Waals surface area contributed by atoms with E-state index in [0.717, 1.165) is 25.0 Å². The van der Waals surface area contributed by atoms with Crippen LogP contribution < -0.4 is 10.0 Å². The van der Waals surface area contributed by atoms with Gasteiger partial charge in [0.05, 0.1) is 11.5 Å². The third kappa shape index (κ3) is 3.68. The number of aromatic nitrogens is 1. The highest BCUT2D eigenvalue weighted by atomic mass is 19.4. The van der Waals surface area contributed by atoms with Gasteiger partial charge in [0.1, 0.15) is 5.56 Å². The molecule has 148 valence electrons. The number of nitrogens with one attached hydrogen (secondary N) is 1. The first kappa shape index (κ1) is 19.7. The number of halogens is 6. The zero-order chi connectivity index (χ0) is 20.0. The van der Waals surface area contributed by atoms with Gasteiger partial charge in [-0.2, -0.15) is 31.1 Å². The molecule has 2 N–H and O–H groups in total. The summed E-state index contributed by atoms with van der Waals surface area (Å²) in [5, 5.41) is 25.4. The highest BCUT2D eigenvalue weighted by Crippen LogP contribution is 2.39. The first-order valence-electron chi connectivity index (χ1n) is 8.27. The Balaban J connectivity index is 2.31. The largest absolute Gasteiger partial charge is 0.618 e. The summed E-state index contributed by atoms with van der Waals surface area (Å²) in [6, 6.07) is 2.49. The van der Waals surface area contributed by atoms with E-state index in [-0.39, 0.29) is 10.9 Å². The van der Waals surface area contributed by atoms with E-state index in [2.05, 4.69) is 5.32 Å². The van der Waals surface area contributed by atoms with Gasteiger partial charge in [-0.15, -0.1) is 0 Å². The Bertz CT molecular complexity index is 844. The third-order valence-corrected chi connectivity index (χ3v) is 4.71. The number of aliphatic hydroxyl groups is 1. The van der Waals surface area contributed by atoms with Gasteiger partial charge in [-0.25, -0.2) is 0 Å². The van der Waals surface area contributed by atoms with Gasteiger partial charge < -0.3 is 15.6 Å². The van der Waals surface area contributed by atoms with Gasteiger partial charge in [0.15, 0.2) is 0 Å². The van der Waals surface area contributed by atoms with Crippen LogP contribution in [-0.2, 0) is 12.4 Å². The van der Waals surface area contributed by atoms with E-state index in [0.29, 0.717) is 25.1 Å². The van der Waals surface area contributed by atoms with E-state index in [1.165, 1.54) is 0 Å². The van der Waals surface area contributed by atoms with Crippen LogP contribution in [0, 0.1) is 5.21 Å². The number of pyridine rings is 1. The van der Waals surface area contributed by atoms with Crippen LogP contribution in [0.5, 0.6) is 0 Å². The average Bonchev–Trinajstić information content (AvgIpc) is 2.60. The first-order valence-corrected chi connectivity index (χ1v) is 8.27. The lowest BCUT2D eigenvalue weighted by molar-refractivity contribution is -0.603. The number of hydrogen-bond acceptors (Lipinski definition) is 3. The summed E-state index contributed by atoms with van der Waals surface area (Å²) >= 11 is 0. The molecule has 3 rings (SSSR count). The van der Waals surface area contributed by atoms with Crippen LogP contribution in [0.4, 0.5) is 26.3 Å². The Labute approximate surface area is 150 Å². The molecule has 0 aliphatic carbocycles. The monoisotopic (exact) mass is 394 g/mol. The van der Waals surface area contributed by atoms with Crippen molar-refractivity contribution in [3.63, 3.8) is 0 Å². The van der Waals surface area contributed by atoms with Gasteiger partial charge >= 0.3 is 12.4 Å². The van der Waals surface area contributed by atoms with E-state index in [9.17, 15) is 36.7 Å². The second-order valence-corrected chi connectivity index (χ2v) is 6.48. The molecule has 1 aromatic heterocycles. The number of rotatable bonds is 2. The second-order valence-electron chi connectivity index (χ2n) is 6.48. The van der Waals surface area contributed by atoms with E-state index in [1.807, 2.05) is 0 Å². The van der Waals surface area contributed by atoms with Gasteiger partial charge in [-0.05, 0) is 31.5 Å². The molecule has 1 saturated heterocycles. The third-order valence-electron chi connectivity index (χ3n) is 4.71. The number of para-hydroxylation sites is 1. The average molecular weight is 394 g/mol. The van der Waals surface area contributed by atoms with Crippen LogP contribution in [0.15, 0.2) is 24.3 Å². The maximum atomic E-state index is 13.3. The molecule has 2 heterocycles. The fourth-order valence-corrected chi connectivity index (χ4v) is 3.43. The molecule has 0 amide bonds. The fraction of sp³-hybridized carbons (Fsp3) is 0.471. The molecule has 1 fully saturated rings. The normalized spacial score (nSPS) is 20.0. The molecule has 4 nitrogen and oxygen atoms in total. The van der Waals surface area contributed by atoms with Gasteiger partial charge in [0.2, 0.25) is 5.52 Å². The molecular formula is C17H16F6N2O2. The zero-order valence-electron chi connectivity index (χ0n) is 13.9. The van der Waals surface area contributed by atoms with Crippen molar-refractivity contribution in [1.82, 2.24) is 5.32 Å². The molecule has 0 spiro atoms. The molecule has 2 atom stereocenters. The summed E-state index contributed by atoms with van der Waals surface area (Å²) < 4.78 is 79.0. The minimum absolute atomic E-state index is 0.352. The predicted molar refractivity (Wildman–Crippen MR) is 83.5 cm³/mol. The van der Waals surface area contributed by atoms with Crippen molar-refractivity contribution in [2.24, 2.45) is 0 Å².